The van der Waals surface area contributed by atoms with Crippen LogP contribution in [-0.4, -0.2) is 19.6 Å². The van der Waals surface area contributed by atoms with E-state index in [-0.39, 0.29) is 18.5 Å². The molecule has 1 atom stereocenters. The van der Waals surface area contributed by atoms with Gasteiger partial charge in [-0.2, -0.15) is 5.26 Å². The lowest BCUT2D eigenvalue weighted by Gasteiger charge is -2.14. The van der Waals surface area contributed by atoms with Crippen LogP contribution in [0.25, 0.3) is 0 Å². The normalized spacial score (nSPS) is 15.1. The molecule has 2 aromatic carbocycles. The number of nitrogens with zero attached hydrogens (tertiary/aromatic N) is 1. The van der Waals surface area contributed by atoms with E-state index in [2.05, 4.69) is 6.07 Å². The van der Waals surface area contributed by atoms with E-state index in [0.717, 1.165) is 40.7 Å². The Bertz CT molecular complexity index is 866. The molecule has 0 saturated carbocycles. The molecule has 0 aliphatic heterocycles. The maximum absolute atomic E-state index is 11.8. The van der Waals surface area contributed by atoms with Gasteiger partial charge in [-0.3, -0.25) is 4.79 Å². The molecule has 0 radical (unpaired) electrons. The van der Waals surface area contributed by atoms with E-state index in [0.29, 0.717) is 12.0 Å². The van der Waals surface area contributed by atoms with Crippen molar-refractivity contribution in [1.82, 2.24) is 0 Å². The first-order chi connectivity index (χ1) is 12.2. The molecule has 3 rings (SSSR count). The molecule has 0 saturated heterocycles. The Labute approximate surface area is 145 Å². The van der Waals surface area contributed by atoms with E-state index in [4.69, 9.17) is 9.47 Å². The quantitative estimate of drug-likeness (QED) is 0.634. The van der Waals surface area contributed by atoms with Crippen LogP contribution in [0.4, 0.5) is 0 Å². The third-order valence-electron chi connectivity index (χ3n) is 4.50. The molecule has 5 heteroatoms. The average Bonchev–Trinajstić information content (AvgIpc) is 2.81. The summed E-state index contributed by atoms with van der Waals surface area (Å²) >= 11 is 0. The van der Waals surface area contributed by atoms with Gasteiger partial charge in [-0.05, 0) is 52.8 Å². The molecule has 1 aliphatic rings. The van der Waals surface area contributed by atoms with Crippen LogP contribution < -0.4 is 0 Å². The van der Waals surface area contributed by atoms with Gasteiger partial charge < -0.3 is 9.47 Å². The lowest BCUT2D eigenvalue weighted by Crippen LogP contribution is -2.06. The SMILES string of the molecule is COC(=O)c1ccc2c(c1)CCc1cc(COC=O)ccc1C2C#N. The molecule has 0 bridgehead atoms. The van der Waals surface area contributed by atoms with Gasteiger partial charge in [-0.15, -0.1) is 0 Å². The monoisotopic (exact) mass is 335 g/mol. The second kappa shape index (κ2) is 7.18. The molecule has 25 heavy (non-hydrogen) atoms. The standard InChI is InChI=1S/C20H17NO4/c1-24-20(23)16-5-7-18-15(9-16)4-3-14-8-13(11-25-12-22)2-6-17(14)19(18)10-21/h2,5-9,12,19H,3-4,11H2,1H3. The van der Waals surface area contributed by atoms with Gasteiger partial charge in [-0.1, -0.05) is 24.3 Å². The summed E-state index contributed by atoms with van der Waals surface area (Å²) in [5, 5.41) is 9.73. The van der Waals surface area contributed by atoms with Crippen molar-refractivity contribution in [3.63, 3.8) is 0 Å². The third kappa shape index (κ3) is 3.24. The second-order valence-corrected chi connectivity index (χ2v) is 5.91. The van der Waals surface area contributed by atoms with Crippen molar-refractivity contribution in [2.24, 2.45) is 0 Å². The number of benzene rings is 2. The van der Waals surface area contributed by atoms with Crippen LogP contribution in [-0.2, 0) is 33.7 Å². The molecule has 0 N–H and O–H groups in total. The molecule has 0 aromatic heterocycles. The maximum atomic E-state index is 11.8. The second-order valence-electron chi connectivity index (χ2n) is 5.91. The molecule has 1 unspecified atom stereocenters. The van der Waals surface area contributed by atoms with Crippen LogP contribution in [0.1, 0.15) is 44.1 Å². The van der Waals surface area contributed by atoms with Crippen LogP contribution in [0.15, 0.2) is 36.4 Å². The fraction of sp³-hybridized carbons (Fsp3) is 0.250. The smallest absolute Gasteiger partial charge is 0.337 e. The van der Waals surface area contributed by atoms with E-state index in [1.165, 1.54) is 7.11 Å². The number of nitriles is 1. The van der Waals surface area contributed by atoms with Crippen LogP contribution in [0.2, 0.25) is 0 Å². The van der Waals surface area contributed by atoms with Crippen molar-refractivity contribution in [2.75, 3.05) is 7.11 Å². The summed E-state index contributed by atoms with van der Waals surface area (Å²) in [6.07, 6.45) is 1.48. The minimum atomic E-state index is -0.389. The van der Waals surface area contributed by atoms with Crippen LogP contribution in [0.5, 0.6) is 0 Å². The number of ether oxygens (including phenoxy) is 2. The fourth-order valence-electron chi connectivity index (χ4n) is 3.30. The van der Waals surface area contributed by atoms with Gasteiger partial charge in [0, 0.05) is 0 Å². The number of esters is 1. The lowest BCUT2D eigenvalue weighted by atomic mass is 9.88. The molecular formula is C20H17NO4. The molecule has 5 nitrogen and oxygen atoms in total. The highest BCUT2D eigenvalue weighted by Crippen LogP contribution is 2.35. The summed E-state index contributed by atoms with van der Waals surface area (Å²) in [6.45, 7) is 0.640. The summed E-state index contributed by atoms with van der Waals surface area (Å²) in [6, 6.07) is 13.5. The highest BCUT2D eigenvalue weighted by atomic mass is 16.5. The highest BCUT2D eigenvalue weighted by molar-refractivity contribution is 5.89. The van der Waals surface area contributed by atoms with E-state index in [9.17, 15) is 14.9 Å². The van der Waals surface area contributed by atoms with Gasteiger partial charge in [0.05, 0.1) is 24.7 Å². The molecule has 1 aliphatic carbocycles. The Morgan fingerprint density at radius 3 is 2.52 bits per heavy atom. The van der Waals surface area contributed by atoms with Crippen molar-refractivity contribution in [2.45, 2.75) is 25.4 Å². The van der Waals surface area contributed by atoms with E-state index >= 15 is 0 Å². The number of hydrogen-bond donors (Lipinski definition) is 0. The number of carbonyl (C=O) groups excluding carboxylic acids is 2. The first-order valence-electron chi connectivity index (χ1n) is 7.95. The Kier molecular flexibility index (Phi) is 4.80. The zero-order valence-electron chi connectivity index (χ0n) is 13.8. The van der Waals surface area contributed by atoms with Gasteiger partial charge in [-0.25, -0.2) is 4.79 Å². The third-order valence-corrected chi connectivity index (χ3v) is 4.50. The van der Waals surface area contributed by atoms with Crippen molar-refractivity contribution >= 4 is 12.4 Å². The first-order valence-corrected chi connectivity index (χ1v) is 7.95. The van der Waals surface area contributed by atoms with Crippen LogP contribution in [0.3, 0.4) is 0 Å². The predicted octanol–water partition coefficient (Wildman–Crippen LogP) is 2.90. The molecule has 0 heterocycles. The van der Waals surface area contributed by atoms with E-state index in [1.807, 2.05) is 30.3 Å². The Morgan fingerprint density at radius 2 is 1.88 bits per heavy atom. The van der Waals surface area contributed by atoms with Crippen molar-refractivity contribution in [3.8, 4) is 6.07 Å². The summed E-state index contributed by atoms with van der Waals surface area (Å²) < 4.78 is 9.59. The number of hydrogen-bond acceptors (Lipinski definition) is 5. The zero-order valence-corrected chi connectivity index (χ0v) is 13.8. The highest BCUT2D eigenvalue weighted by Gasteiger charge is 2.24. The minimum Gasteiger partial charge on any atom is -0.465 e. The molecule has 126 valence electrons. The van der Waals surface area contributed by atoms with Crippen LogP contribution in [0, 0.1) is 11.3 Å². The number of methoxy groups -OCH3 is 1. The van der Waals surface area contributed by atoms with Crippen molar-refractivity contribution < 1.29 is 19.1 Å². The topological polar surface area (TPSA) is 76.4 Å². The van der Waals surface area contributed by atoms with Gasteiger partial charge in [0.2, 0.25) is 0 Å². The molecule has 0 amide bonds. The molecule has 0 fully saturated rings. The Balaban J connectivity index is 2.02. The summed E-state index contributed by atoms with van der Waals surface area (Å²) in [5.41, 5.74) is 5.31. The number of aryl methyl sites for hydroxylation is 2. The summed E-state index contributed by atoms with van der Waals surface area (Å²) in [7, 11) is 1.35. The Morgan fingerprint density at radius 1 is 1.20 bits per heavy atom. The van der Waals surface area contributed by atoms with Gasteiger partial charge in [0.15, 0.2) is 0 Å². The lowest BCUT2D eigenvalue weighted by molar-refractivity contribution is -0.129. The average molecular weight is 335 g/mol. The maximum Gasteiger partial charge on any atom is 0.337 e. The van der Waals surface area contributed by atoms with E-state index in [1.54, 1.807) is 6.07 Å². The van der Waals surface area contributed by atoms with Gasteiger partial charge >= 0.3 is 5.97 Å². The first kappa shape index (κ1) is 16.7. The Hall–Kier alpha value is -3.13. The zero-order chi connectivity index (χ0) is 17.8. The van der Waals surface area contributed by atoms with Crippen molar-refractivity contribution in [1.29, 1.82) is 5.26 Å². The molecule has 0 spiro atoms. The predicted molar refractivity (Wildman–Crippen MR) is 89.9 cm³/mol. The summed E-state index contributed by atoms with van der Waals surface area (Å²) in [5.74, 6) is -0.772. The van der Waals surface area contributed by atoms with Crippen LogP contribution >= 0.6 is 0 Å². The minimum absolute atomic E-state index is 0.216. The number of carbonyl (C=O) groups is 2. The molecule has 2 aromatic rings. The number of rotatable bonds is 4. The van der Waals surface area contributed by atoms with Gasteiger partial charge in [0.25, 0.3) is 6.47 Å². The summed E-state index contributed by atoms with van der Waals surface area (Å²) in [4.78, 5) is 22.1. The van der Waals surface area contributed by atoms with Crippen molar-refractivity contribution in [3.05, 3.63) is 69.8 Å². The van der Waals surface area contributed by atoms with E-state index < -0.39 is 0 Å². The van der Waals surface area contributed by atoms with Gasteiger partial charge in [0.1, 0.15) is 6.61 Å². The largest absolute Gasteiger partial charge is 0.465 e. The number of fused-ring (bicyclic) bond motifs is 2. The fourth-order valence-corrected chi connectivity index (χ4v) is 3.30. The molecular weight excluding hydrogens is 318 g/mol.